The van der Waals surface area contributed by atoms with E-state index in [0.717, 1.165) is 28.3 Å². The van der Waals surface area contributed by atoms with Crippen molar-refractivity contribution in [3.8, 4) is 11.5 Å². The summed E-state index contributed by atoms with van der Waals surface area (Å²) in [5.74, 6) is 0.551. The van der Waals surface area contributed by atoms with Crippen LogP contribution < -0.4 is 5.32 Å². The molecule has 5 heteroatoms. The number of amides is 1. The molecule has 146 valence electrons. The highest BCUT2D eigenvalue weighted by molar-refractivity contribution is 6.07. The molecule has 0 fully saturated rings. The number of benzene rings is 2. The van der Waals surface area contributed by atoms with Crippen molar-refractivity contribution >= 4 is 11.6 Å². The van der Waals surface area contributed by atoms with E-state index in [1.54, 1.807) is 0 Å². The first-order valence-corrected chi connectivity index (χ1v) is 9.62. The molecule has 0 spiro atoms. The zero-order chi connectivity index (χ0) is 20.5. The van der Waals surface area contributed by atoms with E-state index in [9.17, 15) is 4.79 Å². The molecule has 2 heterocycles. The maximum Gasteiger partial charge on any atom is 0.261 e. The van der Waals surface area contributed by atoms with Gasteiger partial charge in [0.15, 0.2) is 5.82 Å². The van der Waals surface area contributed by atoms with E-state index >= 15 is 0 Å². The first-order valence-electron chi connectivity index (χ1n) is 9.62. The summed E-state index contributed by atoms with van der Waals surface area (Å²) in [4.78, 5) is 13.3. The SMILES string of the molecule is Cc1ccc(-n2nc(C)c(C(=O)Nc3ccc(C)cc3C)c2-n2cccc2)cc1. The first kappa shape index (κ1) is 18.7. The van der Waals surface area contributed by atoms with E-state index in [1.165, 1.54) is 5.56 Å². The summed E-state index contributed by atoms with van der Waals surface area (Å²) in [5, 5.41) is 7.77. The highest BCUT2D eigenvalue weighted by atomic mass is 16.1. The van der Waals surface area contributed by atoms with Gasteiger partial charge in [-0.15, -0.1) is 0 Å². The van der Waals surface area contributed by atoms with Crippen molar-refractivity contribution in [1.29, 1.82) is 0 Å². The Morgan fingerprint density at radius 3 is 2.21 bits per heavy atom. The lowest BCUT2D eigenvalue weighted by Gasteiger charge is -2.13. The molecule has 2 aromatic heterocycles. The summed E-state index contributed by atoms with van der Waals surface area (Å²) in [6.07, 6.45) is 3.85. The van der Waals surface area contributed by atoms with Crippen LogP contribution in [0.4, 0.5) is 5.69 Å². The second kappa shape index (κ2) is 7.43. The molecule has 0 unspecified atom stereocenters. The van der Waals surface area contributed by atoms with Gasteiger partial charge in [0.05, 0.1) is 11.4 Å². The summed E-state index contributed by atoms with van der Waals surface area (Å²) in [5.41, 5.74) is 6.32. The van der Waals surface area contributed by atoms with E-state index in [1.807, 2.05) is 97.9 Å². The maximum atomic E-state index is 13.3. The van der Waals surface area contributed by atoms with Crippen molar-refractivity contribution < 1.29 is 4.79 Å². The molecule has 0 aliphatic carbocycles. The fourth-order valence-corrected chi connectivity index (χ4v) is 3.50. The van der Waals surface area contributed by atoms with Crippen molar-refractivity contribution in [3.63, 3.8) is 0 Å². The third-order valence-corrected chi connectivity index (χ3v) is 5.02. The van der Waals surface area contributed by atoms with Crippen LogP contribution in [0.15, 0.2) is 67.0 Å². The Bertz CT molecular complexity index is 1170. The Morgan fingerprint density at radius 2 is 1.55 bits per heavy atom. The van der Waals surface area contributed by atoms with Crippen molar-refractivity contribution in [3.05, 3.63) is 94.9 Å². The van der Waals surface area contributed by atoms with E-state index in [-0.39, 0.29) is 5.91 Å². The number of nitrogens with one attached hydrogen (secondary N) is 1. The third-order valence-electron chi connectivity index (χ3n) is 5.02. The highest BCUT2D eigenvalue weighted by Gasteiger charge is 2.24. The lowest BCUT2D eigenvalue weighted by Crippen LogP contribution is -2.16. The first-order chi connectivity index (χ1) is 13.9. The molecule has 29 heavy (non-hydrogen) atoms. The molecule has 0 radical (unpaired) electrons. The van der Waals surface area contributed by atoms with Crippen LogP contribution >= 0.6 is 0 Å². The Kier molecular flexibility index (Phi) is 4.80. The summed E-state index contributed by atoms with van der Waals surface area (Å²) in [6, 6.07) is 18.0. The number of nitrogens with zero attached hydrogens (tertiary/aromatic N) is 3. The highest BCUT2D eigenvalue weighted by Crippen LogP contribution is 2.25. The zero-order valence-electron chi connectivity index (χ0n) is 17.1. The fraction of sp³-hybridized carbons (Fsp3) is 0.167. The summed E-state index contributed by atoms with van der Waals surface area (Å²) in [7, 11) is 0. The largest absolute Gasteiger partial charge is 0.322 e. The minimum Gasteiger partial charge on any atom is -0.322 e. The van der Waals surface area contributed by atoms with Crippen LogP contribution in [0.2, 0.25) is 0 Å². The van der Waals surface area contributed by atoms with E-state index in [2.05, 4.69) is 11.4 Å². The molecular formula is C24H24N4O. The molecule has 0 aliphatic heterocycles. The van der Waals surface area contributed by atoms with Crippen molar-refractivity contribution in [2.45, 2.75) is 27.7 Å². The smallest absolute Gasteiger partial charge is 0.261 e. The van der Waals surface area contributed by atoms with Gasteiger partial charge in [-0.3, -0.25) is 4.79 Å². The van der Waals surface area contributed by atoms with Gasteiger partial charge in [0, 0.05) is 18.1 Å². The van der Waals surface area contributed by atoms with Crippen LogP contribution in [-0.2, 0) is 0 Å². The number of carbonyl (C=O) groups excluding carboxylic acids is 1. The minimum absolute atomic E-state index is 0.170. The lowest BCUT2D eigenvalue weighted by molar-refractivity contribution is 0.102. The topological polar surface area (TPSA) is 51.9 Å². The van der Waals surface area contributed by atoms with Gasteiger partial charge in [0.2, 0.25) is 0 Å². The van der Waals surface area contributed by atoms with Gasteiger partial charge in [-0.05, 0) is 63.6 Å². The molecule has 0 atom stereocenters. The Hall–Kier alpha value is -3.60. The van der Waals surface area contributed by atoms with Gasteiger partial charge in [-0.25, -0.2) is 4.68 Å². The van der Waals surface area contributed by atoms with Crippen molar-refractivity contribution in [2.75, 3.05) is 5.32 Å². The standard InChI is InChI=1S/C24H24N4O/c1-16-7-10-20(11-8-16)28-24(27-13-5-6-14-27)22(19(4)26-28)23(29)25-21-12-9-17(2)15-18(21)3/h5-15H,1-4H3,(H,25,29). The van der Waals surface area contributed by atoms with Crippen LogP contribution in [0.3, 0.4) is 0 Å². The molecule has 4 rings (SSSR count). The van der Waals surface area contributed by atoms with Crippen molar-refractivity contribution in [1.82, 2.24) is 14.3 Å². The minimum atomic E-state index is -0.170. The molecule has 0 aliphatic rings. The molecule has 0 saturated heterocycles. The molecular weight excluding hydrogens is 360 g/mol. The van der Waals surface area contributed by atoms with Gasteiger partial charge >= 0.3 is 0 Å². The van der Waals surface area contributed by atoms with Crippen LogP contribution in [0, 0.1) is 27.7 Å². The zero-order valence-corrected chi connectivity index (χ0v) is 17.1. The van der Waals surface area contributed by atoms with Crippen LogP contribution in [0.25, 0.3) is 11.5 Å². The second-order valence-electron chi connectivity index (χ2n) is 7.39. The van der Waals surface area contributed by atoms with Gasteiger partial charge in [0.1, 0.15) is 5.56 Å². The predicted octanol–water partition coefficient (Wildman–Crippen LogP) is 5.15. The molecule has 0 bridgehead atoms. The molecule has 5 nitrogen and oxygen atoms in total. The number of rotatable bonds is 4. The summed E-state index contributed by atoms with van der Waals surface area (Å²) < 4.78 is 3.75. The van der Waals surface area contributed by atoms with E-state index in [0.29, 0.717) is 11.3 Å². The number of aromatic nitrogens is 3. The lowest BCUT2D eigenvalue weighted by atomic mass is 10.1. The number of carbonyl (C=O) groups is 1. The Morgan fingerprint density at radius 1 is 0.897 bits per heavy atom. The van der Waals surface area contributed by atoms with Crippen LogP contribution in [0.5, 0.6) is 0 Å². The monoisotopic (exact) mass is 384 g/mol. The predicted molar refractivity (Wildman–Crippen MR) is 116 cm³/mol. The molecule has 4 aromatic rings. The van der Waals surface area contributed by atoms with Gasteiger partial charge in [0.25, 0.3) is 5.91 Å². The fourth-order valence-electron chi connectivity index (χ4n) is 3.50. The van der Waals surface area contributed by atoms with Gasteiger partial charge in [-0.1, -0.05) is 35.4 Å². The second-order valence-corrected chi connectivity index (χ2v) is 7.39. The summed E-state index contributed by atoms with van der Waals surface area (Å²) in [6.45, 7) is 7.96. The van der Waals surface area contributed by atoms with Crippen LogP contribution in [0.1, 0.15) is 32.7 Å². The number of anilines is 1. The third kappa shape index (κ3) is 3.59. The average molecular weight is 384 g/mol. The molecule has 1 amide bonds. The maximum absolute atomic E-state index is 13.3. The van der Waals surface area contributed by atoms with E-state index < -0.39 is 0 Å². The number of hydrogen-bond acceptors (Lipinski definition) is 2. The molecule has 0 saturated carbocycles. The number of hydrogen-bond donors (Lipinski definition) is 1. The normalized spacial score (nSPS) is 10.9. The van der Waals surface area contributed by atoms with E-state index in [4.69, 9.17) is 5.10 Å². The molecule has 2 aromatic carbocycles. The average Bonchev–Trinajstić information content (AvgIpc) is 3.32. The quantitative estimate of drug-likeness (QED) is 0.529. The Labute approximate surface area is 170 Å². The van der Waals surface area contributed by atoms with Crippen molar-refractivity contribution in [2.24, 2.45) is 0 Å². The number of aryl methyl sites for hydroxylation is 4. The van der Waals surface area contributed by atoms with Crippen LogP contribution in [-0.4, -0.2) is 20.3 Å². The van der Waals surface area contributed by atoms with Gasteiger partial charge < -0.3 is 9.88 Å². The molecule has 1 N–H and O–H groups in total. The van der Waals surface area contributed by atoms with Gasteiger partial charge in [-0.2, -0.15) is 5.10 Å². The summed E-state index contributed by atoms with van der Waals surface area (Å²) >= 11 is 0. The Balaban J connectivity index is 1.82.